The zero-order valence-electron chi connectivity index (χ0n) is 15.5. The van der Waals surface area contributed by atoms with Crippen LogP contribution in [-0.4, -0.2) is 40.4 Å². The van der Waals surface area contributed by atoms with E-state index in [0.717, 1.165) is 18.6 Å². The number of anilines is 2. The number of nitrogens with one attached hydrogen (secondary N) is 1. The van der Waals surface area contributed by atoms with Crippen LogP contribution in [-0.2, 0) is 9.59 Å². The maximum atomic E-state index is 12.4. The van der Waals surface area contributed by atoms with Crippen LogP contribution >= 0.6 is 23.1 Å². The standard InChI is InChI=1S/C18H22N4O3S2/c1-4-15(23)22(13-7-8-13)17-20-21-18(27-17)26-11(2)16(24)19-12-5-9-14(25-3)10-6-12/h5-6,9-11,13H,4,7-8H2,1-3H3,(H,19,24)/t11-/m0/s1. The van der Waals surface area contributed by atoms with Gasteiger partial charge in [0.05, 0.1) is 12.4 Å². The van der Waals surface area contributed by atoms with Crippen molar-refractivity contribution in [1.29, 1.82) is 0 Å². The van der Waals surface area contributed by atoms with Crippen molar-refractivity contribution >= 4 is 45.7 Å². The lowest BCUT2D eigenvalue weighted by Gasteiger charge is -2.17. The van der Waals surface area contributed by atoms with Gasteiger partial charge in [0, 0.05) is 18.2 Å². The second-order valence-electron chi connectivity index (χ2n) is 6.18. The first-order chi connectivity index (χ1) is 13.0. The van der Waals surface area contributed by atoms with Crippen molar-refractivity contribution in [3.63, 3.8) is 0 Å². The van der Waals surface area contributed by atoms with Crippen LogP contribution in [0.2, 0.25) is 0 Å². The van der Waals surface area contributed by atoms with Gasteiger partial charge in [-0.1, -0.05) is 30.0 Å². The first kappa shape index (κ1) is 19.6. The molecule has 0 spiro atoms. The second-order valence-corrected chi connectivity index (χ2v) is 8.72. The maximum Gasteiger partial charge on any atom is 0.237 e. The van der Waals surface area contributed by atoms with Gasteiger partial charge in [-0.3, -0.25) is 14.5 Å². The van der Waals surface area contributed by atoms with Gasteiger partial charge in [0.15, 0.2) is 4.34 Å². The van der Waals surface area contributed by atoms with Gasteiger partial charge in [-0.15, -0.1) is 10.2 Å². The van der Waals surface area contributed by atoms with Gasteiger partial charge in [-0.25, -0.2) is 0 Å². The molecule has 3 rings (SSSR count). The predicted molar refractivity (Wildman–Crippen MR) is 108 cm³/mol. The van der Waals surface area contributed by atoms with E-state index in [1.54, 1.807) is 36.3 Å². The summed E-state index contributed by atoms with van der Waals surface area (Å²) in [5.41, 5.74) is 0.708. The molecular weight excluding hydrogens is 384 g/mol. The zero-order chi connectivity index (χ0) is 19.4. The Hall–Kier alpha value is -2.13. The van der Waals surface area contributed by atoms with Crippen molar-refractivity contribution in [2.45, 2.75) is 48.7 Å². The number of methoxy groups -OCH3 is 1. The molecule has 1 saturated carbocycles. The third kappa shape index (κ3) is 4.98. The summed E-state index contributed by atoms with van der Waals surface area (Å²) < 4.78 is 5.79. The highest BCUT2D eigenvalue weighted by Gasteiger charge is 2.35. The van der Waals surface area contributed by atoms with E-state index in [-0.39, 0.29) is 23.1 Å². The van der Waals surface area contributed by atoms with E-state index in [1.807, 2.05) is 13.8 Å². The third-order valence-electron chi connectivity index (χ3n) is 4.09. The number of carbonyl (C=O) groups is 2. The molecule has 1 atom stereocenters. The monoisotopic (exact) mass is 406 g/mol. The topological polar surface area (TPSA) is 84.4 Å². The average Bonchev–Trinajstić information content (AvgIpc) is 3.41. The molecule has 9 heteroatoms. The molecule has 0 unspecified atom stereocenters. The smallest absolute Gasteiger partial charge is 0.237 e. The van der Waals surface area contributed by atoms with E-state index in [1.165, 1.54) is 23.1 Å². The molecule has 1 heterocycles. The number of hydrogen-bond acceptors (Lipinski definition) is 7. The Morgan fingerprint density at radius 1 is 1.33 bits per heavy atom. The fourth-order valence-corrected chi connectivity index (χ4v) is 4.51. The second kappa shape index (κ2) is 8.71. The van der Waals surface area contributed by atoms with Crippen LogP contribution in [0.4, 0.5) is 10.8 Å². The van der Waals surface area contributed by atoms with E-state index in [2.05, 4.69) is 15.5 Å². The molecule has 0 bridgehead atoms. The Balaban J connectivity index is 1.60. The van der Waals surface area contributed by atoms with Crippen LogP contribution in [0.1, 0.15) is 33.1 Å². The molecule has 1 fully saturated rings. The lowest BCUT2D eigenvalue weighted by molar-refractivity contribution is -0.118. The van der Waals surface area contributed by atoms with Crippen LogP contribution in [0, 0.1) is 0 Å². The lowest BCUT2D eigenvalue weighted by Crippen LogP contribution is -2.32. The van der Waals surface area contributed by atoms with Crippen molar-refractivity contribution in [1.82, 2.24) is 10.2 Å². The molecular formula is C18H22N4O3S2. The Labute approximate surface area is 166 Å². The normalized spacial score (nSPS) is 14.5. The summed E-state index contributed by atoms with van der Waals surface area (Å²) in [6.07, 6.45) is 2.46. The van der Waals surface area contributed by atoms with Gasteiger partial charge < -0.3 is 10.1 Å². The van der Waals surface area contributed by atoms with Crippen LogP contribution in [0.15, 0.2) is 28.6 Å². The molecule has 1 aromatic heterocycles. The Bertz CT molecular complexity index is 805. The summed E-state index contributed by atoms with van der Waals surface area (Å²) in [6, 6.07) is 7.42. The molecule has 0 saturated heterocycles. The summed E-state index contributed by atoms with van der Waals surface area (Å²) >= 11 is 2.70. The molecule has 1 aromatic carbocycles. The van der Waals surface area contributed by atoms with Gasteiger partial charge in [-0.05, 0) is 44.0 Å². The van der Waals surface area contributed by atoms with Gasteiger partial charge in [0.1, 0.15) is 5.75 Å². The van der Waals surface area contributed by atoms with Crippen LogP contribution in [0.3, 0.4) is 0 Å². The molecule has 7 nitrogen and oxygen atoms in total. The van der Waals surface area contributed by atoms with Crippen LogP contribution in [0.5, 0.6) is 5.75 Å². The summed E-state index contributed by atoms with van der Waals surface area (Å²) in [4.78, 5) is 26.3. The Morgan fingerprint density at radius 3 is 2.63 bits per heavy atom. The summed E-state index contributed by atoms with van der Waals surface area (Å²) in [6.45, 7) is 3.67. The van der Waals surface area contributed by atoms with E-state index in [0.29, 0.717) is 21.6 Å². The Morgan fingerprint density at radius 2 is 2.04 bits per heavy atom. The number of amides is 2. The minimum Gasteiger partial charge on any atom is -0.497 e. The highest BCUT2D eigenvalue weighted by molar-refractivity contribution is 8.02. The van der Waals surface area contributed by atoms with Crippen molar-refractivity contribution < 1.29 is 14.3 Å². The van der Waals surface area contributed by atoms with Gasteiger partial charge in [0.25, 0.3) is 0 Å². The van der Waals surface area contributed by atoms with Gasteiger partial charge >= 0.3 is 0 Å². The Kier molecular flexibility index (Phi) is 6.33. The number of nitrogens with zero attached hydrogens (tertiary/aromatic N) is 3. The quantitative estimate of drug-likeness (QED) is 0.533. The van der Waals surface area contributed by atoms with Crippen molar-refractivity contribution in [2.75, 3.05) is 17.3 Å². The number of aromatic nitrogens is 2. The highest BCUT2D eigenvalue weighted by Crippen LogP contribution is 2.37. The number of rotatable bonds is 8. The van der Waals surface area contributed by atoms with Crippen LogP contribution in [0.25, 0.3) is 0 Å². The van der Waals surface area contributed by atoms with Gasteiger partial charge in [-0.2, -0.15) is 0 Å². The average molecular weight is 407 g/mol. The summed E-state index contributed by atoms with van der Waals surface area (Å²) in [5.74, 6) is 0.680. The number of ether oxygens (including phenoxy) is 1. The van der Waals surface area contributed by atoms with E-state index in [9.17, 15) is 9.59 Å². The molecule has 27 heavy (non-hydrogen) atoms. The number of thioether (sulfide) groups is 1. The van der Waals surface area contributed by atoms with Gasteiger partial charge in [0.2, 0.25) is 16.9 Å². The van der Waals surface area contributed by atoms with Crippen LogP contribution < -0.4 is 15.0 Å². The predicted octanol–water partition coefficient (Wildman–Crippen LogP) is 3.57. The first-order valence-corrected chi connectivity index (χ1v) is 10.5. The number of benzene rings is 1. The van der Waals surface area contributed by atoms with Crippen molar-refractivity contribution in [2.24, 2.45) is 0 Å². The molecule has 1 N–H and O–H groups in total. The number of hydrogen-bond donors (Lipinski definition) is 1. The molecule has 2 aromatic rings. The minimum atomic E-state index is -0.343. The molecule has 1 aliphatic carbocycles. The SMILES string of the molecule is CCC(=O)N(c1nnc(S[C@@H](C)C(=O)Nc2ccc(OC)cc2)s1)C1CC1. The van der Waals surface area contributed by atoms with E-state index < -0.39 is 0 Å². The molecule has 1 aliphatic rings. The summed E-state index contributed by atoms with van der Waals surface area (Å²) in [7, 11) is 1.60. The van der Waals surface area contributed by atoms with Crippen molar-refractivity contribution in [3.05, 3.63) is 24.3 Å². The molecule has 0 radical (unpaired) electrons. The molecule has 0 aliphatic heterocycles. The fourth-order valence-electron chi connectivity index (χ4n) is 2.44. The highest BCUT2D eigenvalue weighted by atomic mass is 32.2. The minimum absolute atomic E-state index is 0.0653. The largest absolute Gasteiger partial charge is 0.497 e. The first-order valence-electron chi connectivity index (χ1n) is 8.79. The number of carbonyl (C=O) groups excluding carboxylic acids is 2. The fraction of sp³-hybridized carbons (Fsp3) is 0.444. The lowest BCUT2D eigenvalue weighted by atomic mass is 10.3. The third-order valence-corrected chi connectivity index (χ3v) is 6.20. The molecule has 2 amide bonds. The van der Waals surface area contributed by atoms with Crippen molar-refractivity contribution in [3.8, 4) is 5.75 Å². The van der Waals surface area contributed by atoms with E-state index >= 15 is 0 Å². The zero-order valence-corrected chi connectivity index (χ0v) is 17.1. The van der Waals surface area contributed by atoms with E-state index in [4.69, 9.17) is 4.74 Å². The summed E-state index contributed by atoms with van der Waals surface area (Å²) in [5, 5.41) is 11.5. The maximum absolute atomic E-state index is 12.4. The molecule has 144 valence electrons.